The number of ether oxygens (including phenoxy) is 1. The Morgan fingerprint density at radius 2 is 2.17 bits per heavy atom. The summed E-state index contributed by atoms with van der Waals surface area (Å²) in [5.41, 5.74) is 0.603. The molecule has 0 amide bonds. The van der Waals surface area contributed by atoms with Crippen molar-refractivity contribution >= 4 is 5.78 Å². The number of Topliss-reactive ketones (excluding diaryl/α,β-unsaturated/α-hetero) is 1. The second kappa shape index (κ2) is 4.49. The van der Waals surface area contributed by atoms with Gasteiger partial charge in [0.1, 0.15) is 0 Å². The van der Waals surface area contributed by atoms with E-state index < -0.39 is 0 Å². The Bertz CT molecular complexity index is 254. The number of carbonyl (C=O) groups excluding carboxylic acids is 1. The molecule has 0 bridgehead atoms. The molecule has 0 saturated heterocycles. The zero-order valence-electron chi connectivity index (χ0n) is 6.50. The van der Waals surface area contributed by atoms with Crippen LogP contribution in [0.3, 0.4) is 0 Å². The highest BCUT2D eigenvalue weighted by molar-refractivity contribution is 5.93. The van der Waals surface area contributed by atoms with E-state index >= 15 is 0 Å². The molecular weight excluding hydrogens is 154 g/mol. The summed E-state index contributed by atoms with van der Waals surface area (Å²) >= 11 is 0. The Hall–Kier alpha value is -1.38. The molecule has 0 atom stereocenters. The highest BCUT2D eigenvalue weighted by Crippen LogP contribution is 2.06. The number of ketones is 1. The minimum atomic E-state index is 0. The van der Waals surface area contributed by atoms with Crippen LogP contribution in [0.5, 0.6) is 5.88 Å². The van der Waals surface area contributed by atoms with Gasteiger partial charge in [-0.2, -0.15) is 0 Å². The predicted octanol–water partition coefficient (Wildman–Crippen LogP) is 1.93. The number of pyridine rings is 1. The number of rotatable bonds is 2. The van der Waals surface area contributed by atoms with E-state index in [1.807, 2.05) is 0 Å². The van der Waals surface area contributed by atoms with Gasteiger partial charge in [-0.05, 0) is 13.0 Å². The SMILES string of the molecule is C.COc1ccc(C(C)=O)cn1. The maximum atomic E-state index is 10.8. The molecule has 0 fully saturated rings. The first-order valence-corrected chi connectivity index (χ1v) is 3.25. The van der Waals surface area contributed by atoms with Crippen LogP contribution in [0.25, 0.3) is 0 Å². The van der Waals surface area contributed by atoms with Gasteiger partial charge in [-0.15, -0.1) is 0 Å². The highest BCUT2D eigenvalue weighted by atomic mass is 16.5. The van der Waals surface area contributed by atoms with E-state index in [0.29, 0.717) is 11.4 Å². The molecule has 0 radical (unpaired) electrons. The molecule has 0 aliphatic heterocycles. The zero-order chi connectivity index (χ0) is 8.27. The molecule has 3 heteroatoms. The van der Waals surface area contributed by atoms with Crippen molar-refractivity contribution in [3.8, 4) is 5.88 Å². The normalized spacial score (nSPS) is 8.50. The summed E-state index contributed by atoms with van der Waals surface area (Å²) in [4.78, 5) is 14.6. The van der Waals surface area contributed by atoms with Gasteiger partial charge in [0.2, 0.25) is 5.88 Å². The first-order valence-electron chi connectivity index (χ1n) is 3.25. The third kappa shape index (κ3) is 2.34. The van der Waals surface area contributed by atoms with Crippen LogP contribution in [0.4, 0.5) is 0 Å². The fourth-order valence-corrected chi connectivity index (χ4v) is 0.709. The lowest BCUT2D eigenvalue weighted by Crippen LogP contribution is -1.94. The molecule has 0 aliphatic rings. The molecule has 3 nitrogen and oxygen atoms in total. The van der Waals surface area contributed by atoms with Crippen LogP contribution in [0.1, 0.15) is 24.7 Å². The Morgan fingerprint density at radius 3 is 2.50 bits per heavy atom. The van der Waals surface area contributed by atoms with E-state index in [1.54, 1.807) is 12.1 Å². The average Bonchev–Trinajstić information content (AvgIpc) is 2.05. The summed E-state index contributed by atoms with van der Waals surface area (Å²) in [6, 6.07) is 3.35. The lowest BCUT2D eigenvalue weighted by molar-refractivity contribution is 0.101. The third-order valence-electron chi connectivity index (χ3n) is 1.35. The van der Waals surface area contributed by atoms with E-state index in [-0.39, 0.29) is 13.2 Å². The molecule has 12 heavy (non-hydrogen) atoms. The van der Waals surface area contributed by atoms with Crippen LogP contribution in [0, 0.1) is 0 Å². The van der Waals surface area contributed by atoms with Crippen LogP contribution in [-0.2, 0) is 0 Å². The van der Waals surface area contributed by atoms with Crippen molar-refractivity contribution in [3.63, 3.8) is 0 Å². The Morgan fingerprint density at radius 1 is 1.50 bits per heavy atom. The molecule has 1 aromatic rings. The highest BCUT2D eigenvalue weighted by Gasteiger charge is 1.98. The van der Waals surface area contributed by atoms with E-state index in [9.17, 15) is 4.79 Å². The summed E-state index contributed by atoms with van der Waals surface area (Å²) < 4.78 is 4.83. The number of nitrogens with zero attached hydrogens (tertiary/aromatic N) is 1. The van der Waals surface area contributed by atoms with Crippen molar-refractivity contribution in [1.82, 2.24) is 4.98 Å². The molecule has 1 heterocycles. The molecule has 1 aromatic heterocycles. The maximum absolute atomic E-state index is 10.8. The second-order valence-electron chi connectivity index (χ2n) is 2.15. The van der Waals surface area contributed by atoms with E-state index in [2.05, 4.69) is 4.98 Å². The fourth-order valence-electron chi connectivity index (χ4n) is 0.709. The second-order valence-corrected chi connectivity index (χ2v) is 2.15. The summed E-state index contributed by atoms with van der Waals surface area (Å²) in [5.74, 6) is 0.537. The summed E-state index contributed by atoms with van der Waals surface area (Å²) in [5, 5.41) is 0. The smallest absolute Gasteiger partial charge is 0.212 e. The number of methoxy groups -OCH3 is 1. The first-order chi connectivity index (χ1) is 5.24. The van der Waals surface area contributed by atoms with Crippen LogP contribution in [0.15, 0.2) is 18.3 Å². The van der Waals surface area contributed by atoms with Crippen molar-refractivity contribution in [2.24, 2.45) is 0 Å². The lowest BCUT2D eigenvalue weighted by Gasteiger charge is -1.97. The monoisotopic (exact) mass is 167 g/mol. The van der Waals surface area contributed by atoms with Gasteiger partial charge in [0.05, 0.1) is 7.11 Å². The molecule has 0 N–H and O–H groups in total. The quantitative estimate of drug-likeness (QED) is 0.632. The van der Waals surface area contributed by atoms with Gasteiger partial charge in [-0.25, -0.2) is 4.98 Å². The van der Waals surface area contributed by atoms with Gasteiger partial charge >= 0.3 is 0 Å². The van der Waals surface area contributed by atoms with Crippen molar-refractivity contribution < 1.29 is 9.53 Å². The van der Waals surface area contributed by atoms with Gasteiger partial charge in [0.15, 0.2) is 5.78 Å². The zero-order valence-corrected chi connectivity index (χ0v) is 6.50. The predicted molar refractivity (Wildman–Crippen MR) is 47.5 cm³/mol. The van der Waals surface area contributed by atoms with E-state index in [4.69, 9.17) is 4.74 Å². The molecule has 1 rings (SSSR count). The van der Waals surface area contributed by atoms with Crippen molar-refractivity contribution in [2.45, 2.75) is 14.4 Å². The number of hydrogen-bond donors (Lipinski definition) is 0. The van der Waals surface area contributed by atoms with E-state index in [0.717, 1.165) is 0 Å². The largest absolute Gasteiger partial charge is 0.481 e. The van der Waals surface area contributed by atoms with Gasteiger partial charge in [0.25, 0.3) is 0 Å². The van der Waals surface area contributed by atoms with Gasteiger partial charge in [-0.1, -0.05) is 7.43 Å². The maximum Gasteiger partial charge on any atom is 0.212 e. The van der Waals surface area contributed by atoms with Crippen molar-refractivity contribution in [1.29, 1.82) is 0 Å². The van der Waals surface area contributed by atoms with Crippen LogP contribution in [-0.4, -0.2) is 17.9 Å². The molecular formula is C9H13NO2. The van der Waals surface area contributed by atoms with Crippen molar-refractivity contribution in [2.75, 3.05) is 7.11 Å². The molecule has 0 spiro atoms. The first kappa shape index (κ1) is 10.6. The standard InChI is InChI=1S/C8H9NO2.CH4/c1-6(10)7-3-4-8(11-2)9-5-7;/h3-5H,1-2H3;1H4. The van der Waals surface area contributed by atoms with Crippen LogP contribution in [0.2, 0.25) is 0 Å². The summed E-state index contributed by atoms with van der Waals surface area (Å²) in [6.45, 7) is 1.50. The van der Waals surface area contributed by atoms with Crippen LogP contribution >= 0.6 is 0 Å². The minimum Gasteiger partial charge on any atom is -0.481 e. The summed E-state index contributed by atoms with van der Waals surface area (Å²) in [6.07, 6.45) is 1.50. The Kier molecular flexibility index (Phi) is 3.97. The van der Waals surface area contributed by atoms with Gasteiger partial charge in [-0.3, -0.25) is 4.79 Å². The third-order valence-corrected chi connectivity index (χ3v) is 1.35. The number of aromatic nitrogens is 1. The van der Waals surface area contributed by atoms with Gasteiger partial charge < -0.3 is 4.74 Å². The molecule has 0 aromatic carbocycles. The average molecular weight is 167 g/mol. The van der Waals surface area contributed by atoms with Crippen LogP contribution < -0.4 is 4.74 Å². The molecule has 0 unspecified atom stereocenters. The Labute approximate surface area is 72.4 Å². The molecule has 0 saturated carbocycles. The molecule has 0 aliphatic carbocycles. The minimum absolute atomic E-state index is 0. The topological polar surface area (TPSA) is 39.2 Å². The number of hydrogen-bond acceptors (Lipinski definition) is 3. The summed E-state index contributed by atoms with van der Waals surface area (Å²) in [7, 11) is 1.54. The van der Waals surface area contributed by atoms with Crippen molar-refractivity contribution in [3.05, 3.63) is 23.9 Å². The number of carbonyl (C=O) groups is 1. The van der Waals surface area contributed by atoms with E-state index in [1.165, 1.54) is 20.2 Å². The fraction of sp³-hybridized carbons (Fsp3) is 0.333. The van der Waals surface area contributed by atoms with Gasteiger partial charge in [0, 0.05) is 17.8 Å². The lowest BCUT2D eigenvalue weighted by atomic mass is 10.2. The Balaban J connectivity index is 0.00000121. The molecule has 66 valence electrons.